The van der Waals surface area contributed by atoms with Gasteiger partial charge in [0.15, 0.2) is 0 Å². The summed E-state index contributed by atoms with van der Waals surface area (Å²) in [5.74, 6) is 0.0826. The number of hydrogen-bond acceptors (Lipinski definition) is 5. The van der Waals surface area contributed by atoms with E-state index in [2.05, 4.69) is 0 Å². The number of benzene rings is 1. The third-order valence-corrected chi connectivity index (χ3v) is 3.63. The van der Waals surface area contributed by atoms with Crippen molar-refractivity contribution in [2.75, 3.05) is 7.11 Å². The van der Waals surface area contributed by atoms with Crippen LogP contribution in [0, 0.1) is 10.1 Å². The van der Waals surface area contributed by atoms with Crippen molar-refractivity contribution in [3.05, 3.63) is 33.9 Å². The van der Waals surface area contributed by atoms with E-state index in [1.807, 2.05) is 6.92 Å². The van der Waals surface area contributed by atoms with Gasteiger partial charge < -0.3 is 9.84 Å². The minimum atomic E-state index is -0.850. The number of nitrogens with zero attached hydrogens (tertiary/aromatic N) is 1. The second kappa shape index (κ2) is 6.98. The predicted octanol–water partition coefficient (Wildman–Crippen LogP) is 2.70. The molecule has 0 aliphatic rings. The summed E-state index contributed by atoms with van der Waals surface area (Å²) in [5, 5.41) is 19.4. The van der Waals surface area contributed by atoms with Crippen LogP contribution in [-0.2, 0) is 10.5 Å². The lowest BCUT2D eigenvalue weighted by molar-refractivity contribution is -0.385. The fourth-order valence-corrected chi connectivity index (χ4v) is 2.40. The van der Waals surface area contributed by atoms with Crippen LogP contribution in [0.4, 0.5) is 5.69 Å². The average molecular weight is 285 g/mol. The fourth-order valence-electron chi connectivity index (χ4n) is 1.49. The van der Waals surface area contributed by atoms with Crippen LogP contribution >= 0.6 is 11.8 Å². The van der Waals surface area contributed by atoms with Crippen molar-refractivity contribution in [3.8, 4) is 5.75 Å². The largest absolute Gasteiger partial charge is 0.496 e. The molecule has 0 fully saturated rings. The number of aliphatic carboxylic acids is 1. The van der Waals surface area contributed by atoms with Gasteiger partial charge in [-0.25, -0.2) is 0 Å². The molecule has 1 N–H and O–H groups in total. The number of methoxy groups -OCH3 is 1. The van der Waals surface area contributed by atoms with Crippen molar-refractivity contribution in [1.29, 1.82) is 0 Å². The molecule has 6 nitrogen and oxygen atoms in total. The molecule has 0 radical (unpaired) electrons. The maximum absolute atomic E-state index is 10.8. The zero-order valence-electron chi connectivity index (χ0n) is 10.7. The van der Waals surface area contributed by atoms with Gasteiger partial charge in [-0.3, -0.25) is 14.9 Å². The Morgan fingerprint density at radius 2 is 2.21 bits per heavy atom. The molecule has 0 heterocycles. The molecule has 0 spiro atoms. The van der Waals surface area contributed by atoms with Gasteiger partial charge in [0, 0.05) is 17.1 Å². The van der Waals surface area contributed by atoms with E-state index in [4.69, 9.17) is 9.84 Å². The Morgan fingerprint density at radius 3 is 2.74 bits per heavy atom. The van der Waals surface area contributed by atoms with E-state index in [-0.39, 0.29) is 17.4 Å². The maximum Gasteiger partial charge on any atom is 0.304 e. The summed E-state index contributed by atoms with van der Waals surface area (Å²) < 4.78 is 5.01. The lowest BCUT2D eigenvalue weighted by atomic mass is 10.2. The molecule has 0 aliphatic heterocycles. The monoisotopic (exact) mass is 285 g/mol. The highest BCUT2D eigenvalue weighted by atomic mass is 32.2. The van der Waals surface area contributed by atoms with Gasteiger partial charge in [0.1, 0.15) is 5.75 Å². The molecule has 0 aliphatic carbocycles. The highest BCUT2D eigenvalue weighted by molar-refractivity contribution is 7.99. The van der Waals surface area contributed by atoms with Crippen LogP contribution in [0.2, 0.25) is 0 Å². The van der Waals surface area contributed by atoms with Gasteiger partial charge in [-0.05, 0) is 11.6 Å². The molecule has 1 aromatic carbocycles. The Balaban J connectivity index is 2.74. The summed E-state index contributed by atoms with van der Waals surface area (Å²) in [6.07, 6.45) is 0.0662. The van der Waals surface area contributed by atoms with Crippen molar-refractivity contribution in [1.82, 2.24) is 0 Å². The number of carboxylic acid groups (broad SMARTS) is 1. The molecule has 104 valence electrons. The number of nitro benzene ring substituents is 1. The van der Waals surface area contributed by atoms with Crippen molar-refractivity contribution < 1.29 is 19.6 Å². The van der Waals surface area contributed by atoms with Crippen molar-refractivity contribution in [2.24, 2.45) is 0 Å². The third-order valence-electron chi connectivity index (χ3n) is 2.39. The van der Waals surface area contributed by atoms with Crippen molar-refractivity contribution in [2.45, 2.75) is 24.3 Å². The lowest BCUT2D eigenvalue weighted by Crippen LogP contribution is -2.06. The topological polar surface area (TPSA) is 89.7 Å². The molecule has 7 heteroatoms. The zero-order chi connectivity index (χ0) is 14.4. The first-order valence-electron chi connectivity index (χ1n) is 5.58. The van der Waals surface area contributed by atoms with Crippen LogP contribution in [-0.4, -0.2) is 28.4 Å². The molecule has 19 heavy (non-hydrogen) atoms. The second-order valence-corrected chi connectivity index (χ2v) is 5.44. The minimum Gasteiger partial charge on any atom is -0.496 e. The number of carboxylic acids is 1. The van der Waals surface area contributed by atoms with Crippen LogP contribution in [0.25, 0.3) is 0 Å². The molecule has 1 atom stereocenters. The van der Waals surface area contributed by atoms with Crippen LogP contribution in [0.5, 0.6) is 5.75 Å². The van der Waals surface area contributed by atoms with Gasteiger partial charge in [-0.15, -0.1) is 0 Å². The Hall–Kier alpha value is -1.76. The van der Waals surface area contributed by atoms with E-state index in [1.54, 1.807) is 6.07 Å². The molecule has 0 aromatic heterocycles. The first kappa shape index (κ1) is 15.3. The predicted molar refractivity (Wildman–Crippen MR) is 72.7 cm³/mol. The van der Waals surface area contributed by atoms with E-state index in [1.165, 1.54) is 31.0 Å². The lowest BCUT2D eigenvalue weighted by Gasteiger charge is -2.09. The molecule has 1 unspecified atom stereocenters. The number of thioether (sulfide) groups is 1. The Kier molecular flexibility index (Phi) is 5.62. The number of hydrogen-bond donors (Lipinski definition) is 1. The SMILES string of the molecule is COc1cc(CSC(C)CC(=O)O)cc([N+](=O)[O-])c1. The van der Waals surface area contributed by atoms with Crippen LogP contribution < -0.4 is 4.74 Å². The third kappa shape index (κ3) is 5.17. The standard InChI is InChI=1S/C12H15NO5S/c1-8(3-12(14)15)19-7-9-4-10(13(16)17)6-11(5-9)18-2/h4-6,8H,3,7H2,1-2H3,(H,14,15). The van der Waals surface area contributed by atoms with Gasteiger partial charge in [0.25, 0.3) is 5.69 Å². The van der Waals surface area contributed by atoms with Crippen LogP contribution in [0.1, 0.15) is 18.9 Å². The van der Waals surface area contributed by atoms with E-state index in [9.17, 15) is 14.9 Å². The minimum absolute atomic E-state index is 0.0270. The van der Waals surface area contributed by atoms with E-state index >= 15 is 0 Å². The molecular formula is C12H15NO5S. The van der Waals surface area contributed by atoms with Gasteiger partial charge >= 0.3 is 5.97 Å². The van der Waals surface area contributed by atoms with Gasteiger partial charge in [0.05, 0.1) is 24.5 Å². The average Bonchev–Trinajstić information content (AvgIpc) is 2.35. The Morgan fingerprint density at radius 1 is 1.53 bits per heavy atom. The van der Waals surface area contributed by atoms with Crippen LogP contribution in [0.3, 0.4) is 0 Å². The number of non-ortho nitro benzene ring substituents is 1. The number of ether oxygens (including phenoxy) is 1. The number of rotatable bonds is 7. The van der Waals surface area contributed by atoms with Crippen LogP contribution in [0.15, 0.2) is 18.2 Å². The number of nitro groups is 1. The van der Waals surface area contributed by atoms with E-state index in [0.29, 0.717) is 11.5 Å². The highest BCUT2D eigenvalue weighted by Crippen LogP contribution is 2.27. The highest BCUT2D eigenvalue weighted by Gasteiger charge is 2.12. The summed E-state index contributed by atoms with van der Waals surface area (Å²) in [5.41, 5.74) is 0.717. The summed E-state index contributed by atoms with van der Waals surface area (Å²) in [7, 11) is 1.45. The van der Waals surface area contributed by atoms with Gasteiger partial charge in [0.2, 0.25) is 0 Å². The molecule has 0 amide bonds. The van der Waals surface area contributed by atoms with Gasteiger partial charge in [-0.1, -0.05) is 6.92 Å². The first-order valence-corrected chi connectivity index (χ1v) is 6.63. The molecule has 0 saturated carbocycles. The smallest absolute Gasteiger partial charge is 0.304 e. The van der Waals surface area contributed by atoms with Crippen molar-refractivity contribution in [3.63, 3.8) is 0 Å². The summed E-state index contributed by atoms with van der Waals surface area (Å²) in [6.45, 7) is 1.81. The van der Waals surface area contributed by atoms with E-state index in [0.717, 1.165) is 5.56 Å². The summed E-state index contributed by atoms with van der Waals surface area (Å²) in [6, 6.07) is 4.55. The van der Waals surface area contributed by atoms with Gasteiger partial charge in [-0.2, -0.15) is 11.8 Å². The Bertz CT molecular complexity index is 477. The second-order valence-electron chi connectivity index (χ2n) is 4.02. The van der Waals surface area contributed by atoms with E-state index < -0.39 is 10.9 Å². The quantitative estimate of drug-likeness (QED) is 0.612. The number of carbonyl (C=O) groups is 1. The molecule has 1 rings (SSSR count). The summed E-state index contributed by atoms with van der Waals surface area (Å²) in [4.78, 5) is 20.8. The van der Waals surface area contributed by atoms with Crippen molar-refractivity contribution >= 4 is 23.4 Å². The molecule has 0 saturated heterocycles. The first-order chi connectivity index (χ1) is 8.92. The molecule has 0 bridgehead atoms. The Labute approximate surface area is 114 Å². The molecular weight excluding hydrogens is 270 g/mol. The maximum atomic E-state index is 10.8. The summed E-state index contributed by atoms with van der Waals surface area (Å²) >= 11 is 1.44. The zero-order valence-corrected chi connectivity index (χ0v) is 11.5. The molecule has 1 aromatic rings. The fraction of sp³-hybridized carbons (Fsp3) is 0.417. The normalized spacial score (nSPS) is 11.9.